The highest BCUT2D eigenvalue weighted by Crippen LogP contribution is 2.21. The average molecular weight is 343 g/mol. The van der Waals surface area contributed by atoms with E-state index in [0.717, 1.165) is 16.8 Å². The molecule has 2 amide bonds. The molecule has 0 heterocycles. The number of benzene rings is 1. The fraction of sp³-hybridized carbons (Fsp3) is 0.400. The quantitative estimate of drug-likeness (QED) is 0.702. The molecule has 0 aromatic heterocycles. The van der Waals surface area contributed by atoms with Crippen molar-refractivity contribution in [3.63, 3.8) is 0 Å². The van der Waals surface area contributed by atoms with Crippen LogP contribution in [-0.2, 0) is 9.59 Å². The second kappa shape index (κ2) is 9.79. The summed E-state index contributed by atoms with van der Waals surface area (Å²) in [4.78, 5) is 27.9. The van der Waals surface area contributed by atoms with Gasteiger partial charge in [0.25, 0.3) is 0 Å². The Morgan fingerprint density at radius 1 is 1.04 bits per heavy atom. The summed E-state index contributed by atoms with van der Waals surface area (Å²) >= 11 is 0. The van der Waals surface area contributed by atoms with Crippen molar-refractivity contribution in [2.75, 3.05) is 38.5 Å². The smallest absolute Gasteiger partial charge is 0.238 e. The molecule has 0 saturated carbocycles. The van der Waals surface area contributed by atoms with Gasteiger partial charge >= 0.3 is 0 Å². The van der Waals surface area contributed by atoms with Crippen molar-refractivity contribution >= 4 is 17.5 Å². The van der Waals surface area contributed by atoms with Crippen LogP contribution >= 0.6 is 0 Å². The van der Waals surface area contributed by atoms with E-state index in [4.69, 9.17) is 0 Å². The minimum atomic E-state index is -0.135. The van der Waals surface area contributed by atoms with Crippen molar-refractivity contribution < 1.29 is 9.59 Å². The van der Waals surface area contributed by atoms with E-state index in [0.29, 0.717) is 13.1 Å². The van der Waals surface area contributed by atoms with Gasteiger partial charge in [0, 0.05) is 18.8 Å². The first-order chi connectivity index (χ1) is 11.8. The summed E-state index contributed by atoms with van der Waals surface area (Å²) in [5.41, 5.74) is 4.08. The third kappa shape index (κ3) is 6.55. The number of rotatable bonds is 9. The van der Waals surface area contributed by atoms with Gasteiger partial charge in [-0.3, -0.25) is 14.5 Å². The van der Waals surface area contributed by atoms with E-state index in [1.54, 1.807) is 29.0 Å². The summed E-state index contributed by atoms with van der Waals surface area (Å²) in [5.74, 6) is -0.192. The van der Waals surface area contributed by atoms with Gasteiger partial charge in [0.15, 0.2) is 0 Å². The van der Waals surface area contributed by atoms with Gasteiger partial charge in [-0.05, 0) is 38.9 Å². The Morgan fingerprint density at radius 3 is 2.04 bits per heavy atom. The molecule has 136 valence electrons. The molecule has 0 aliphatic rings. The van der Waals surface area contributed by atoms with Crippen LogP contribution in [0.2, 0.25) is 0 Å². The van der Waals surface area contributed by atoms with Crippen molar-refractivity contribution in [3.05, 3.63) is 54.1 Å². The lowest BCUT2D eigenvalue weighted by Gasteiger charge is -2.23. The number of carbonyl (C=O) groups excluding carboxylic acids is 2. The zero-order chi connectivity index (χ0) is 19.0. The molecule has 0 aliphatic heterocycles. The topological polar surface area (TPSA) is 52.7 Å². The van der Waals surface area contributed by atoms with Gasteiger partial charge < -0.3 is 10.2 Å². The molecule has 1 N–H and O–H groups in total. The number of nitrogens with one attached hydrogen (secondary N) is 1. The van der Waals surface area contributed by atoms with Gasteiger partial charge in [-0.15, -0.1) is 13.2 Å². The molecule has 1 rings (SSSR count). The van der Waals surface area contributed by atoms with Crippen LogP contribution in [0, 0.1) is 20.8 Å². The van der Waals surface area contributed by atoms with Gasteiger partial charge in [0.2, 0.25) is 11.8 Å². The van der Waals surface area contributed by atoms with E-state index in [2.05, 4.69) is 18.5 Å². The number of anilines is 1. The van der Waals surface area contributed by atoms with Gasteiger partial charge in [0.1, 0.15) is 0 Å². The lowest BCUT2D eigenvalue weighted by molar-refractivity contribution is -0.131. The first kappa shape index (κ1) is 20.6. The fourth-order valence-electron chi connectivity index (χ4n) is 2.78. The highest BCUT2D eigenvalue weighted by atomic mass is 16.2. The highest BCUT2D eigenvalue weighted by Gasteiger charge is 2.16. The number of nitrogens with zero attached hydrogens (tertiary/aromatic N) is 2. The van der Waals surface area contributed by atoms with Crippen LogP contribution in [0.15, 0.2) is 37.4 Å². The van der Waals surface area contributed by atoms with Gasteiger partial charge in [0.05, 0.1) is 13.1 Å². The first-order valence-corrected chi connectivity index (χ1v) is 8.34. The van der Waals surface area contributed by atoms with Crippen molar-refractivity contribution in [1.82, 2.24) is 9.80 Å². The van der Waals surface area contributed by atoms with Crippen LogP contribution in [0.3, 0.4) is 0 Å². The number of hydrogen-bond acceptors (Lipinski definition) is 3. The van der Waals surface area contributed by atoms with Crippen LogP contribution < -0.4 is 5.32 Å². The third-order valence-electron chi connectivity index (χ3n) is 3.81. The van der Waals surface area contributed by atoms with E-state index in [1.165, 1.54) is 5.56 Å². The summed E-state index contributed by atoms with van der Waals surface area (Å²) in [6.45, 7) is 14.5. The van der Waals surface area contributed by atoms with Crippen LogP contribution in [0.1, 0.15) is 16.7 Å². The van der Waals surface area contributed by atoms with Crippen LogP contribution in [0.5, 0.6) is 0 Å². The van der Waals surface area contributed by atoms with Crippen molar-refractivity contribution in [1.29, 1.82) is 0 Å². The standard InChI is InChI=1S/C20H29N3O2/c1-7-9-23(10-8-2)19(25)14-22(6)13-18(24)21-20-16(4)11-15(3)12-17(20)5/h7-8,11-12H,1-2,9-10,13-14H2,3-6H3,(H,21,24). The molecular weight excluding hydrogens is 314 g/mol. The Hall–Kier alpha value is -2.40. The fourth-order valence-corrected chi connectivity index (χ4v) is 2.78. The van der Waals surface area contributed by atoms with Crippen LogP contribution in [-0.4, -0.2) is 54.8 Å². The number of aryl methyl sites for hydroxylation is 3. The number of likely N-dealkylation sites (N-methyl/N-ethyl adjacent to an activating group) is 1. The molecule has 0 bridgehead atoms. The van der Waals surface area contributed by atoms with Gasteiger partial charge in [-0.2, -0.15) is 0 Å². The van der Waals surface area contributed by atoms with E-state index in [1.807, 2.05) is 32.9 Å². The zero-order valence-corrected chi connectivity index (χ0v) is 15.8. The minimum Gasteiger partial charge on any atom is -0.334 e. The number of hydrogen-bond donors (Lipinski definition) is 1. The average Bonchev–Trinajstić information content (AvgIpc) is 2.50. The molecule has 0 aliphatic carbocycles. The Balaban J connectivity index is 2.63. The predicted molar refractivity (Wildman–Crippen MR) is 104 cm³/mol. The molecule has 25 heavy (non-hydrogen) atoms. The summed E-state index contributed by atoms with van der Waals surface area (Å²) < 4.78 is 0. The lowest BCUT2D eigenvalue weighted by Crippen LogP contribution is -2.41. The summed E-state index contributed by atoms with van der Waals surface area (Å²) in [6.07, 6.45) is 3.36. The van der Waals surface area contributed by atoms with Crippen LogP contribution in [0.4, 0.5) is 5.69 Å². The SMILES string of the molecule is C=CCN(CC=C)C(=O)CN(C)CC(=O)Nc1c(C)cc(C)cc1C. The molecule has 1 aromatic rings. The third-order valence-corrected chi connectivity index (χ3v) is 3.81. The minimum absolute atomic E-state index is 0.0576. The molecule has 0 unspecified atom stereocenters. The lowest BCUT2D eigenvalue weighted by atomic mass is 10.1. The van der Waals surface area contributed by atoms with E-state index in [-0.39, 0.29) is 24.9 Å². The Kier molecular flexibility index (Phi) is 8.08. The molecule has 5 heteroatoms. The van der Waals surface area contributed by atoms with Crippen molar-refractivity contribution in [3.8, 4) is 0 Å². The molecule has 0 spiro atoms. The van der Waals surface area contributed by atoms with Gasteiger partial charge in [-0.25, -0.2) is 0 Å². The van der Waals surface area contributed by atoms with Crippen molar-refractivity contribution in [2.45, 2.75) is 20.8 Å². The molecule has 1 aromatic carbocycles. The molecule has 0 fully saturated rings. The summed E-state index contributed by atoms with van der Waals surface area (Å²) in [5, 5.41) is 2.95. The Morgan fingerprint density at radius 2 is 1.56 bits per heavy atom. The second-order valence-electron chi connectivity index (χ2n) is 6.37. The molecule has 0 radical (unpaired) electrons. The molecule has 0 atom stereocenters. The molecular formula is C20H29N3O2. The largest absolute Gasteiger partial charge is 0.334 e. The normalized spacial score (nSPS) is 10.4. The molecule has 0 saturated heterocycles. The van der Waals surface area contributed by atoms with Gasteiger partial charge in [-0.1, -0.05) is 29.8 Å². The maximum Gasteiger partial charge on any atom is 0.238 e. The zero-order valence-electron chi connectivity index (χ0n) is 15.8. The first-order valence-electron chi connectivity index (χ1n) is 8.34. The van der Waals surface area contributed by atoms with Crippen molar-refractivity contribution in [2.24, 2.45) is 0 Å². The maximum absolute atomic E-state index is 12.3. The summed E-state index contributed by atoms with van der Waals surface area (Å²) in [7, 11) is 1.76. The molecule has 5 nitrogen and oxygen atoms in total. The van der Waals surface area contributed by atoms with Crippen LogP contribution in [0.25, 0.3) is 0 Å². The number of carbonyl (C=O) groups is 2. The second-order valence-corrected chi connectivity index (χ2v) is 6.37. The predicted octanol–water partition coefficient (Wildman–Crippen LogP) is 2.68. The summed E-state index contributed by atoms with van der Waals surface area (Å²) in [6, 6.07) is 4.08. The Bertz CT molecular complexity index is 619. The number of amides is 2. The van der Waals surface area contributed by atoms with E-state index >= 15 is 0 Å². The van der Waals surface area contributed by atoms with E-state index in [9.17, 15) is 9.59 Å². The van der Waals surface area contributed by atoms with E-state index < -0.39 is 0 Å². The monoisotopic (exact) mass is 343 g/mol. The Labute approximate surface area is 151 Å². The maximum atomic E-state index is 12.3. The highest BCUT2D eigenvalue weighted by molar-refractivity contribution is 5.94.